The SMILES string of the molecule is Cc1cccc(C)c1OCC(=O)OCC(=O)c1cc(C)n(C(C)C)c1C. The number of nitrogens with zero attached hydrogens (tertiary/aromatic N) is 1. The molecular formula is C21H27NO4. The molecule has 0 aliphatic rings. The fourth-order valence-corrected chi connectivity index (χ4v) is 3.28. The summed E-state index contributed by atoms with van der Waals surface area (Å²) in [4.78, 5) is 24.3. The van der Waals surface area contributed by atoms with Gasteiger partial charge in [0.05, 0.1) is 0 Å². The second-order valence-corrected chi connectivity index (χ2v) is 6.84. The van der Waals surface area contributed by atoms with Gasteiger partial charge in [-0.05, 0) is 58.7 Å². The van der Waals surface area contributed by atoms with Crippen LogP contribution in [0.1, 0.15) is 52.8 Å². The molecule has 0 unspecified atom stereocenters. The minimum Gasteiger partial charge on any atom is -0.481 e. The molecular weight excluding hydrogens is 330 g/mol. The maximum Gasteiger partial charge on any atom is 0.344 e. The Bertz CT molecular complexity index is 797. The molecule has 5 nitrogen and oxygen atoms in total. The average Bonchev–Trinajstić information content (AvgIpc) is 2.86. The molecule has 1 heterocycles. The number of Topliss-reactive ketones (excluding diaryl/α,β-unsaturated/α-hetero) is 1. The van der Waals surface area contributed by atoms with E-state index in [2.05, 4.69) is 18.4 Å². The lowest BCUT2D eigenvalue weighted by Crippen LogP contribution is -2.20. The minimum absolute atomic E-state index is 0.203. The van der Waals surface area contributed by atoms with Gasteiger partial charge in [0, 0.05) is 23.0 Å². The number of ketones is 1. The third-order valence-corrected chi connectivity index (χ3v) is 4.41. The van der Waals surface area contributed by atoms with E-state index in [0.29, 0.717) is 11.3 Å². The van der Waals surface area contributed by atoms with E-state index in [4.69, 9.17) is 9.47 Å². The van der Waals surface area contributed by atoms with Gasteiger partial charge >= 0.3 is 5.97 Å². The van der Waals surface area contributed by atoms with Crippen molar-refractivity contribution in [3.63, 3.8) is 0 Å². The molecule has 0 saturated carbocycles. The first-order chi connectivity index (χ1) is 12.2. The third kappa shape index (κ3) is 4.34. The van der Waals surface area contributed by atoms with E-state index in [1.54, 1.807) is 0 Å². The van der Waals surface area contributed by atoms with Crippen LogP contribution in [0.15, 0.2) is 24.3 Å². The van der Waals surface area contributed by atoms with Gasteiger partial charge in [0.1, 0.15) is 5.75 Å². The number of ether oxygens (including phenoxy) is 2. The Labute approximate surface area is 154 Å². The van der Waals surface area contributed by atoms with Crippen molar-refractivity contribution in [1.82, 2.24) is 4.57 Å². The number of para-hydroxylation sites is 1. The Morgan fingerprint density at radius 2 is 1.65 bits per heavy atom. The van der Waals surface area contributed by atoms with Crippen LogP contribution in [0.4, 0.5) is 0 Å². The maximum atomic E-state index is 12.4. The number of carbonyl (C=O) groups is 2. The summed E-state index contributed by atoms with van der Waals surface area (Å²) in [5.41, 5.74) is 4.42. The van der Waals surface area contributed by atoms with Gasteiger partial charge in [-0.1, -0.05) is 18.2 Å². The molecule has 0 N–H and O–H groups in total. The highest BCUT2D eigenvalue weighted by molar-refractivity contribution is 5.99. The van der Waals surface area contributed by atoms with Crippen LogP contribution in [0, 0.1) is 27.7 Å². The maximum absolute atomic E-state index is 12.4. The number of hydrogen-bond donors (Lipinski definition) is 0. The molecule has 1 aromatic carbocycles. The van der Waals surface area contributed by atoms with Gasteiger partial charge in [-0.25, -0.2) is 4.79 Å². The fraction of sp³-hybridized carbons (Fsp3) is 0.429. The normalized spacial score (nSPS) is 10.9. The lowest BCUT2D eigenvalue weighted by molar-refractivity contribution is -0.144. The monoisotopic (exact) mass is 357 g/mol. The Balaban J connectivity index is 1.93. The number of hydrogen-bond acceptors (Lipinski definition) is 4. The molecule has 0 atom stereocenters. The zero-order chi connectivity index (χ0) is 19.4. The Morgan fingerprint density at radius 1 is 1.04 bits per heavy atom. The number of esters is 1. The highest BCUT2D eigenvalue weighted by Gasteiger charge is 2.18. The number of benzene rings is 1. The first-order valence-corrected chi connectivity index (χ1v) is 8.78. The van der Waals surface area contributed by atoms with Gasteiger partial charge in [0.15, 0.2) is 13.2 Å². The minimum atomic E-state index is -0.557. The van der Waals surface area contributed by atoms with Crippen molar-refractivity contribution < 1.29 is 19.1 Å². The number of aromatic nitrogens is 1. The van der Waals surface area contributed by atoms with Crippen molar-refractivity contribution in [2.75, 3.05) is 13.2 Å². The summed E-state index contributed by atoms with van der Waals surface area (Å²) in [5.74, 6) is -0.0830. The van der Waals surface area contributed by atoms with Gasteiger partial charge in [-0.15, -0.1) is 0 Å². The van der Waals surface area contributed by atoms with E-state index in [1.165, 1.54) is 0 Å². The zero-order valence-corrected chi connectivity index (χ0v) is 16.4. The number of aryl methyl sites for hydroxylation is 3. The first kappa shape index (κ1) is 19.8. The lowest BCUT2D eigenvalue weighted by atomic mass is 10.1. The zero-order valence-electron chi connectivity index (χ0n) is 16.4. The van der Waals surface area contributed by atoms with Crippen LogP contribution in [-0.4, -0.2) is 29.5 Å². The molecule has 0 fully saturated rings. The van der Waals surface area contributed by atoms with Gasteiger partial charge in [-0.3, -0.25) is 4.79 Å². The van der Waals surface area contributed by atoms with Crippen LogP contribution in [0.3, 0.4) is 0 Å². The van der Waals surface area contributed by atoms with E-state index >= 15 is 0 Å². The van der Waals surface area contributed by atoms with Gasteiger partial charge in [0.25, 0.3) is 0 Å². The van der Waals surface area contributed by atoms with Crippen molar-refractivity contribution in [1.29, 1.82) is 0 Å². The Morgan fingerprint density at radius 3 is 2.19 bits per heavy atom. The second kappa shape index (κ2) is 8.21. The van der Waals surface area contributed by atoms with E-state index in [9.17, 15) is 9.59 Å². The molecule has 0 aliphatic carbocycles. The van der Waals surface area contributed by atoms with Crippen molar-refractivity contribution in [2.45, 2.75) is 47.6 Å². The summed E-state index contributed by atoms with van der Waals surface area (Å²) in [6, 6.07) is 7.88. The number of carbonyl (C=O) groups excluding carboxylic acids is 2. The van der Waals surface area contributed by atoms with Crippen LogP contribution < -0.4 is 4.74 Å². The van der Waals surface area contributed by atoms with Crippen LogP contribution in [0.25, 0.3) is 0 Å². The van der Waals surface area contributed by atoms with Gasteiger partial charge < -0.3 is 14.0 Å². The molecule has 0 amide bonds. The average molecular weight is 357 g/mol. The highest BCUT2D eigenvalue weighted by atomic mass is 16.6. The third-order valence-electron chi connectivity index (χ3n) is 4.41. The van der Waals surface area contributed by atoms with Crippen LogP contribution >= 0.6 is 0 Å². The highest BCUT2D eigenvalue weighted by Crippen LogP contribution is 2.22. The summed E-state index contributed by atoms with van der Waals surface area (Å²) in [5, 5.41) is 0. The molecule has 0 aliphatic heterocycles. The van der Waals surface area contributed by atoms with Gasteiger partial charge in [-0.2, -0.15) is 0 Å². The van der Waals surface area contributed by atoms with Crippen molar-refractivity contribution >= 4 is 11.8 Å². The topological polar surface area (TPSA) is 57.5 Å². The lowest BCUT2D eigenvalue weighted by Gasteiger charge is -2.13. The molecule has 140 valence electrons. The van der Waals surface area contributed by atoms with Crippen molar-refractivity contribution in [2.24, 2.45) is 0 Å². The van der Waals surface area contributed by atoms with E-state index in [1.807, 2.05) is 52.0 Å². The van der Waals surface area contributed by atoms with Crippen molar-refractivity contribution in [3.05, 3.63) is 52.3 Å². The molecule has 0 radical (unpaired) electrons. The summed E-state index contributed by atoms with van der Waals surface area (Å²) in [7, 11) is 0. The molecule has 2 aromatic rings. The first-order valence-electron chi connectivity index (χ1n) is 8.78. The summed E-state index contributed by atoms with van der Waals surface area (Å²) in [6.07, 6.45) is 0. The fourth-order valence-electron chi connectivity index (χ4n) is 3.28. The van der Waals surface area contributed by atoms with Crippen molar-refractivity contribution in [3.8, 4) is 5.75 Å². The van der Waals surface area contributed by atoms with Crippen LogP contribution in [0.2, 0.25) is 0 Å². The molecule has 26 heavy (non-hydrogen) atoms. The molecule has 0 saturated heterocycles. The second-order valence-electron chi connectivity index (χ2n) is 6.84. The number of rotatable bonds is 7. The Kier molecular flexibility index (Phi) is 6.24. The molecule has 0 bridgehead atoms. The van der Waals surface area contributed by atoms with E-state index in [0.717, 1.165) is 22.5 Å². The van der Waals surface area contributed by atoms with E-state index in [-0.39, 0.29) is 25.0 Å². The predicted octanol–water partition coefficient (Wildman–Crippen LogP) is 4.11. The smallest absolute Gasteiger partial charge is 0.344 e. The summed E-state index contributed by atoms with van der Waals surface area (Å²) >= 11 is 0. The standard InChI is InChI=1S/C21H27NO4/c1-13(2)22-16(5)10-18(17(22)6)19(23)11-25-20(24)12-26-21-14(3)8-7-9-15(21)4/h7-10,13H,11-12H2,1-6H3. The van der Waals surface area contributed by atoms with Gasteiger partial charge in [0.2, 0.25) is 5.78 Å². The summed E-state index contributed by atoms with van der Waals surface area (Å²) < 4.78 is 12.8. The molecule has 5 heteroatoms. The molecule has 0 spiro atoms. The molecule has 1 aromatic heterocycles. The van der Waals surface area contributed by atoms with E-state index < -0.39 is 5.97 Å². The quantitative estimate of drug-likeness (QED) is 0.553. The summed E-state index contributed by atoms with van der Waals surface area (Å²) in [6.45, 7) is 11.4. The molecule has 2 rings (SSSR count). The predicted molar refractivity (Wildman–Crippen MR) is 101 cm³/mol. The Hall–Kier alpha value is -2.56. The largest absolute Gasteiger partial charge is 0.481 e. The van der Waals surface area contributed by atoms with Crippen LogP contribution in [0.5, 0.6) is 5.75 Å². The van der Waals surface area contributed by atoms with Crippen LogP contribution in [-0.2, 0) is 9.53 Å².